The summed E-state index contributed by atoms with van der Waals surface area (Å²) < 4.78 is 26.3. The van der Waals surface area contributed by atoms with E-state index in [1.807, 2.05) is 12.3 Å². The molecule has 2 heterocycles. The first-order valence-corrected chi connectivity index (χ1v) is 7.23. The lowest BCUT2D eigenvalue weighted by Crippen LogP contribution is -2.44. The van der Waals surface area contributed by atoms with E-state index in [0.29, 0.717) is 24.9 Å². The third-order valence-electron chi connectivity index (χ3n) is 3.93. The molecule has 0 saturated heterocycles. The molecule has 0 aliphatic carbocycles. The Kier molecular flexibility index (Phi) is 4.45. The highest BCUT2D eigenvalue weighted by Crippen LogP contribution is 2.19. The summed E-state index contributed by atoms with van der Waals surface area (Å²) in [4.78, 5) is 4.10. The normalized spacial score (nSPS) is 18.8. The van der Waals surface area contributed by atoms with Crippen LogP contribution in [-0.2, 0) is 19.4 Å². The zero-order chi connectivity index (χ0) is 15.5. The van der Waals surface area contributed by atoms with Gasteiger partial charge in [-0.1, -0.05) is 0 Å². The Labute approximate surface area is 128 Å². The van der Waals surface area contributed by atoms with Gasteiger partial charge in [0.05, 0.1) is 6.10 Å². The number of fused-ring (bicyclic) bond motifs is 1. The van der Waals surface area contributed by atoms with Crippen molar-refractivity contribution in [1.29, 1.82) is 0 Å². The topological polar surface area (TPSA) is 45.2 Å². The molecule has 3 rings (SSSR count). The third-order valence-corrected chi connectivity index (χ3v) is 3.93. The van der Waals surface area contributed by atoms with Crippen LogP contribution in [0.5, 0.6) is 0 Å². The summed E-state index contributed by atoms with van der Waals surface area (Å²) >= 11 is 0. The number of halogens is 2. The lowest BCUT2D eigenvalue weighted by atomic mass is 9.92. The van der Waals surface area contributed by atoms with Crippen LogP contribution in [0.3, 0.4) is 0 Å². The quantitative estimate of drug-likeness (QED) is 0.910. The van der Waals surface area contributed by atoms with Gasteiger partial charge in [-0.25, -0.2) is 8.78 Å². The molecule has 3 nitrogen and oxygen atoms in total. The molecular formula is C17H17F2N2O. The standard InChI is InChI=1S/C17H17F2N2O/c18-14-5-11(6-15(19)8-14)1-2-17(22)16-7-13-9-20-4-3-12(13)10-21-16/h2-6,8-9,16-17,21-22H,1,7,10H2. The van der Waals surface area contributed by atoms with Crippen LogP contribution in [0.25, 0.3) is 0 Å². The van der Waals surface area contributed by atoms with Crippen LogP contribution in [-0.4, -0.2) is 22.2 Å². The van der Waals surface area contributed by atoms with Crippen molar-refractivity contribution in [2.24, 2.45) is 0 Å². The van der Waals surface area contributed by atoms with Crippen molar-refractivity contribution in [2.75, 3.05) is 0 Å². The van der Waals surface area contributed by atoms with Gasteiger partial charge in [-0.2, -0.15) is 0 Å². The largest absolute Gasteiger partial charge is 0.391 e. The maximum Gasteiger partial charge on any atom is 0.126 e. The summed E-state index contributed by atoms with van der Waals surface area (Å²) in [5.74, 6) is -1.21. The summed E-state index contributed by atoms with van der Waals surface area (Å²) in [6.07, 6.45) is 5.54. The van der Waals surface area contributed by atoms with E-state index >= 15 is 0 Å². The molecule has 0 amide bonds. The highest BCUT2D eigenvalue weighted by Gasteiger charge is 2.24. The SMILES string of the molecule is OC([CH]Cc1cc(F)cc(F)c1)C1Cc2cnccc2CN1. The predicted molar refractivity (Wildman–Crippen MR) is 78.9 cm³/mol. The Morgan fingerprint density at radius 2 is 2.05 bits per heavy atom. The minimum Gasteiger partial charge on any atom is -0.391 e. The molecule has 2 aromatic rings. The fourth-order valence-corrected chi connectivity index (χ4v) is 2.75. The molecule has 0 bridgehead atoms. The lowest BCUT2D eigenvalue weighted by molar-refractivity contribution is 0.149. The summed E-state index contributed by atoms with van der Waals surface area (Å²) in [7, 11) is 0. The average Bonchev–Trinajstić information content (AvgIpc) is 2.51. The fraction of sp³-hybridized carbons (Fsp3) is 0.294. The average molecular weight is 303 g/mol. The number of nitrogens with one attached hydrogen (secondary N) is 1. The number of pyridine rings is 1. The van der Waals surface area contributed by atoms with Gasteiger partial charge in [0.2, 0.25) is 0 Å². The van der Waals surface area contributed by atoms with E-state index in [9.17, 15) is 13.9 Å². The number of benzene rings is 1. The van der Waals surface area contributed by atoms with Gasteiger partial charge in [-0.15, -0.1) is 0 Å². The number of rotatable bonds is 4. The van der Waals surface area contributed by atoms with E-state index in [-0.39, 0.29) is 6.04 Å². The van der Waals surface area contributed by atoms with Crippen molar-refractivity contribution in [2.45, 2.75) is 31.5 Å². The molecule has 0 saturated carbocycles. The molecule has 1 aromatic heterocycles. The number of aliphatic hydroxyl groups excluding tert-OH is 1. The highest BCUT2D eigenvalue weighted by molar-refractivity contribution is 5.27. The third kappa shape index (κ3) is 3.48. The summed E-state index contributed by atoms with van der Waals surface area (Å²) in [6, 6.07) is 5.24. The van der Waals surface area contributed by atoms with Gasteiger partial charge in [0.15, 0.2) is 0 Å². The van der Waals surface area contributed by atoms with Crippen molar-refractivity contribution in [1.82, 2.24) is 10.3 Å². The Balaban J connectivity index is 1.60. The predicted octanol–water partition coefficient (Wildman–Crippen LogP) is 2.18. The van der Waals surface area contributed by atoms with Gasteiger partial charge in [0.25, 0.3) is 0 Å². The van der Waals surface area contributed by atoms with Crippen molar-refractivity contribution in [3.8, 4) is 0 Å². The number of nitrogens with zero attached hydrogens (tertiary/aromatic N) is 1. The molecule has 0 spiro atoms. The van der Waals surface area contributed by atoms with Gasteiger partial charge in [0.1, 0.15) is 11.6 Å². The molecule has 2 unspecified atom stereocenters. The van der Waals surface area contributed by atoms with E-state index in [2.05, 4.69) is 10.3 Å². The molecule has 0 fully saturated rings. The van der Waals surface area contributed by atoms with Crippen LogP contribution < -0.4 is 5.32 Å². The number of aliphatic hydroxyl groups is 1. The summed E-state index contributed by atoms with van der Waals surface area (Å²) in [5, 5.41) is 13.6. The van der Waals surface area contributed by atoms with E-state index in [1.165, 1.54) is 17.7 Å². The maximum atomic E-state index is 13.1. The van der Waals surface area contributed by atoms with Crippen LogP contribution >= 0.6 is 0 Å². The molecule has 1 aliphatic rings. The van der Waals surface area contributed by atoms with Crippen LogP contribution in [0.4, 0.5) is 8.78 Å². The second-order valence-electron chi connectivity index (χ2n) is 5.54. The second-order valence-corrected chi connectivity index (χ2v) is 5.54. The Hall–Kier alpha value is -1.85. The van der Waals surface area contributed by atoms with Crippen LogP contribution in [0.1, 0.15) is 16.7 Å². The van der Waals surface area contributed by atoms with E-state index in [1.54, 1.807) is 12.6 Å². The van der Waals surface area contributed by atoms with Gasteiger partial charge in [-0.3, -0.25) is 4.98 Å². The smallest absolute Gasteiger partial charge is 0.126 e. The first-order chi connectivity index (χ1) is 10.6. The van der Waals surface area contributed by atoms with Gasteiger partial charge >= 0.3 is 0 Å². The van der Waals surface area contributed by atoms with Crippen LogP contribution in [0.15, 0.2) is 36.7 Å². The van der Waals surface area contributed by atoms with Crippen molar-refractivity contribution < 1.29 is 13.9 Å². The zero-order valence-corrected chi connectivity index (χ0v) is 12.0. The van der Waals surface area contributed by atoms with Gasteiger partial charge in [0, 0.05) is 31.0 Å². The monoisotopic (exact) mass is 303 g/mol. The molecule has 2 atom stereocenters. The molecule has 115 valence electrons. The maximum absolute atomic E-state index is 13.1. The van der Waals surface area contributed by atoms with Crippen LogP contribution in [0, 0.1) is 18.1 Å². The van der Waals surface area contributed by atoms with Crippen LogP contribution in [0.2, 0.25) is 0 Å². The first-order valence-electron chi connectivity index (χ1n) is 7.23. The van der Waals surface area contributed by atoms with Gasteiger partial charge < -0.3 is 10.4 Å². The van der Waals surface area contributed by atoms with Gasteiger partial charge in [-0.05, 0) is 54.2 Å². The molecular weight excluding hydrogens is 286 g/mol. The summed E-state index contributed by atoms with van der Waals surface area (Å²) in [5.41, 5.74) is 2.82. The molecule has 22 heavy (non-hydrogen) atoms. The lowest BCUT2D eigenvalue weighted by Gasteiger charge is -2.29. The molecule has 2 N–H and O–H groups in total. The summed E-state index contributed by atoms with van der Waals surface area (Å²) in [6.45, 7) is 0.683. The molecule has 5 heteroatoms. The number of hydrogen-bond acceptors (Lipinski definition) is 3. The Bertz CT molecular complexity index is 643. The minimum atomic E-state index is -0.695. The van der Waals surface area contributed by atoms with E-state index in [0.717, 1.165) is 11.6 Å². The first kappa shape index (κ1) is 15.1. The Morgan fingerprint density at radius 1 is 1.27 bits per heavy atom. The van der Waals surface area contributed by atoms with E-state index < -0.39 is 17.7 Å². The van der Waals surface area contributed by atoms with E-state index in [4.69, 9.17) is 0 Å². The number of hydrogen-bond donors (Lipinski definition) is 2. The Morgan fingerprint density at radius 3 is 2.82 bits per heavy atom. The fourth-order valence-electron chi connectivity index (χ4n) is 2.75. The minimum absolute atomic E-state index is 0.116. The molecule has 1 radical (unpaired) electrons. The molecule has 1 aliphatic heterocycles. The van der Waals surface area contributed by atoms with Crippen molar-refractivity contribution >= 4 is 0 Å². The second kappa shape index (κ2) is 6.50. The van der Waals surface area contributed by atoms with Crippen molar-refractivity contribution in [3.05, 3.63) is 71.4 Å². The van der Waals surface area contributed by atoms with Crippen molar-refractivity contribution in [3.63, 3.8) is 0 Å². The molecule has 1 aromatic carbocycles. The highest BCUT2D eigenvalue weighted by atomic mass is 19.1. The zero-order valence-electron chi connectivity index (χ0n) is 12.0. The number of aromatic nitrogens is 1.